The first-order chi connectivity index (χ1) is 14.8. The molecule has 1 N–H and O–H groups in total. The molecular formula is C25H29N3O3. The van der Waals surface area contributed by atoms with Crippen LogP contribution < -0.4 is 5.32 Å². The van der Waals surface area contributed by atoms with Gasteiger partial charge in [-0.25, -0.2) is 4.68 Å². The minimum Gasteiger partial charge on any atom is -0.453 e. The largest absolute Gasteiger partial charge is 0.453 e. The maximum absolute atomic E-state index is 12.5. The van der Waals surface area contributed by atoms with Crippen molar-refractivity contribution in [1.29, 1.82) is 0 Å². The highest BCUT2D eigenvalue weighted by Gasteiger charge is 2.20. The van der Waals surface area contributed by atoms with Gasteiger partial charge in [-0.2, -0.15) is 5.10 Å². The number of hydrogen-bond donors (Lipinski definition) is 1. The molecule has 0 aliphatic carbocycles. The summed E-state index contributed by atoms with van der Waals surface area (Å²) < 4.78 is 7.25. The topological polar surface area (TPSA) is 73.2 Å². The maximum Gasteiger partial charge on any atom is 0.306 e. The molecule has 3 aromatic rings. The molecular weight excluding hydrogens is 390 g/mol. The number of amides is 1. The number of aromatic nitrogens is 2. The summed E-state index contributed by atoms with van der Waals surface area (Å²) in [5, 5.41) is 7.45. The third-order valence-electron chi connectivity index (χ3n) is 5.35. The van der Waals surface area contributed by atoms with Crippen molar-refractivity contribution < 1.29 is 14.3 Å². The predicted molar refractivity (Wildman–Crippen MR) is 121 cm³/mol. The fourth-order valence-electron chi connectivity index (χ4n) is 3.50. The van der Waals surface area contributed by atoms with E-state index in [1.54, 1.807) is 6.92 Å². The Labute approximate surface area is 183 Å². The molecule has 0 unspecified atom stereocenters. The molecule has 0 bridgehead atoms. The molecule has 31 heavy (non-hydrogen) atoms. The summed E-state index contributed by atoms with van der Waals surface area (Å²) in [4.78, 5) is 24.8. The van der Waals surface area contributed by atoms with Crippen molar-refractivity contribution in [2.24, 2.45) is 0 Å². The van der Waals surface area contributed by atoms with Crippen molar-refractivity contribution >= 4 is 17.6 Å². The average molecular weight is 420 g/mol. The molecule has 3 rings (SSSR count). The molecule has 6 nitrogen and oxygen atoms in total. The van der Waals surface area contributed by atoms with Gasteiger partial charge in [-0.15, -0.1) is 0 Å². The summed E-state index contributed by atoms with van der Waals surface area (Å²) in [6, 6.07) is 15.7. The molecule has 162 valence electrons. The number of carbonyl (C=O) groups is 2. The molecule has 0 aliphatic rings. The fourth-order valence-corrected chi connectivity index (χ4v) is 3.50. The van der Waals surface area contributed by atoms with Crippen molar-refractivity contribution in [2.45, 2.75) is 53.6 Å². The van der Waals surface area contributed by atoms with Gasteiger partial charge in [0.1, 0.15) is 0 Å². The van der Waals surface area contributed by atoms with Crippen LogP contribution in [0.1, 0.15) is 41.4 Å². The Kier molecular flexibility index (Phi) is 6.90. The highest BCUT2D eigenvalue weighted by atomic mass is 16.5. The Balaban J connectivity index is 1.58. The van der Waals surface area contributed by atoms with Gasteiger partial charge in [0.2, 0.25) is 0 Å². The fraction of sp³-hybridized carbons (Fsp3) is 0.320. The zero-order valence-corrected chi connectivity index (χ0v) is 18.7. The molecule has 1 aromatic heterocycles. The highest BCUT2D eigenvalue weighted by molar-refractivity contribution is 5.95. The number of anilines is 1. The Bertz CT molecular complexity index is 1090. The van der Waals surface area contributed by atoms with Gasteiger partial charge in [-0.3, -0.25) is 9.59 Å². The van der Waals surface area contributed by atoms with Gasteiger partial charge < -0.3 is 10.1 Å². The molecule has 0 saturated heterocycles. The van der Waals surface area contributed by atoms with Crippen molar-refractivity contribution in [2.75, 3.05) is 5.32 Å². The van der Waals surface area contributed by atoms with Crippen molar-refractivity contribution in [3.63, 3.8) is 0 Å². The summed E-state index contributed by atoms with van der Waals surface area (Å²) in [5.74, 6) is -0.749. The smallest absolute Gasteiger partial charge is 0.306 e. The third-order valence-corrected chi connectivity index (χ3v) is 5.35. The Hall–Kier alpha value is -3.41. The van der Waals surface area contributed by atoms with Crippen LogP contribution >= 0.6 is 0 Å². The van der Waals surface area contributed by atoms with E-state index in [1.165, 1.54) is 0 Å². The normalized spacial score (nSPS) is 11.8. The van der Waals surface area contributed by atoms with Crippen LogP contribution in [0.15, 0.2) is 48.5 Å². The van der Waals surface area contributed by atoms with Gasteiger partial charge in [0.15, 0.2) is 6.10 Å². The zero-order valence-electron chi connectivity index (χ0n) is 18.7. The number of benzene rings is 2. The van der Waals surface area contributed by atoms with E-state index in [1.807, 2.05) is 80.9 Å². The van der Waals surface area contributed by atoms with Gasteiger partial charge in [0.05, 0.1) is 11.4 Å². The van der Waals surface area contributed by atoms with Crippen LogP contribution in [0.4, 0.5) is 5.69 Å². The van der Waals surface area contributed by atoms with E-state index in [9.17, 15) is 9.59 Å². The first kappa shape index (κ1) is 22.3. The van der Waals surface area contributed by atoms with Gasteiger partial charge in [-0.05, 0) is 75.9 Å². The molecule has 0 spiro atoms. The quantitative estimate of drug-likeness (QED) is 0.568. The van der Waals surface area contributed by atoms with E-state index in [4.69, 9.17) is 4.74 Å². The number of nitrogens with one attached hydrogen (secondary N) is 1. The second-order valence-electron chi connectivity index (χ2n) is 7.84. The SMILES string of the molecule is Cc1ccc(C)c(NC(=O)[C@@H](C)OC(=O)CCc2c(C)nn(-c3ccccc3)c2C)c1. The van der Waals surface area contributed by atoms with Crippen molar-refractivity contribution in [3.8, 4) is 5.69 Å². The standard InChI is InChI=1S/C25H29N3O3/c1-16-11-12-17(2)23(15-16)26-25(30)20(5)31-24(29)14-13-22-18(3)27-28(19(22)4)21-9-7-6-8-10-21/h6-12,15,20H,13-14H2,1-5H3,(H,26,30)/t20-/m1/s1. The van der Waals surface area contributed by atoms with Crippen LogP contribution in [0, 0.1) is 27.7 Å². The zero-order chi connectivity index (χ0) is 22.5. The number of ether oxygens (including phenoxy) is 1. The minimum absolute atomic E-state index is 0.184. The number of rotatable bonds is 7. The monoisotopic (exact) mass is 419 g/mol. The Morgan fingerprint density at radius 3 is 2.48 bits per heavy atom. The van der Waals surface area contributed by atoms with E-state index in [0.717, 1.165) is 39.5 Å². The van der Waals surface area contributed by atoms with E-state index in [2.05, 4.69) is 10.4 Å². The van der Waals surface area contributed by atoms with Crippen molar-refractivity contribution in [3.05, 3.63) is 76.6 Å². The number of esters is 1. The summed E-state index contributed by atoms with van der Waals surface area (Å²) in [6.45, 7) is 9.40. The lowest BCUT2D eigenvalue weighted by atomic mass is 10.1. The van der Waals surface area contributed by atoms with E-state index in [-0.39, 0.29) is 12.3 Å². The van der Waals surface area contributed by atoms with Crippen LogP contribution in [0.2, 0.25) is 0 Å². The van der Waals surface area contributed by atoms with Crippen LogP contribution in [0.25, 0.3) is 5.69 Å². The first-order valence-corrected chi connectivity index (χ1v) is 10.4. The highest BCUT2D eigenvalue weighted by Crippen LogP contribution is 2.20. The molecule has 1 amide bonds. The van der Waals surface area contributed by atoms with Crippen LogP contribution in [-0.4, -0.2) is 27.8 Å². The molecule has 1 atom stereocenters. The Morgan fingerprint density at radius 2 is 1.77 bits per heavy atom. The molecule has 6 heteroatoms. The maximum atomic E-state index is 12.5. The Morgan fingerprint density at radius 1 is 1.06 bits per heavy atom. The number of hydrogen-bond acceptors (Lipinski definition) is 4. The molecule has 0 saturated carbocycles. The summed E-state index contributed by atoms with van der Waals surface area (Å²) in [5.41, 5.74) is 6.62. The average Bonchev–Trinajstić information content (AvgIpc) is 3.03. The van der Waals surface area contributed by atoms with Crippen LogP contribution in [-0.2, 0) is 20.7 Å². The van der Waals surface area contributed by atoms with Gasteiger partial charge in [0, 0.05) is 17.8 Å². The molecule has 0 fully saturated rings. The van der Waals surface area contributed by atoms with Crippen molar-refractivity contribution in [1.82, 2.24) is 9.78 Å². The third kappa shape index (κ3) is 5.40. The summed E-state index contributed by atoms with van der Waals surface area (Å²) in [6.07, 6.45) is -0.181. The minimum atomic E-state index is -0.873. The van der Waals surface area contributed by atoms with E-state index >= 15 is 0 Å². The molecule has 2 aromatic carbocycles. The lowest BCUT2D eigenvalue weighted by molar-refractivity contribution is -0.153. The van der Waals surface area contributed by atoms with E-state index in [0.29, 0.717) is 6.42 Å². The van der Waals surface area contributed by atoms with Gasteiger partial charge in [0.25, 0.3) is 5.91 Å². The second-order valence-corrected chi connectivity index (χ2v) is 7.84. The number of aryl methyl sites for hydroxylation is 3. The first-order valence-electron chi connectivity index (χ1n) is 10.4. The predicted octanol–water partition coefficient (Wildman–Crippen LogP) is 4.61. The number of para-hydroxylation sites is 1. The lowest BCUT2D eigenvalue weighted by Crippen LogP contribution is -2.30. The summed E-state index contributed by atoms with van der Waals surface area (Å²) in [7, 11) is 0. The molecule has 0 radical (unpaired) electrons. The molecule has 1 heterocycles. The van der Waals surface area contributed by atoms with E-state index < -0.39 is 12.1 Å². The molecule has 0 aliphatic heterocycles. The van der Waals surface area contributed by atoms with Gasteiger partial charge >= 0.3 is 5.97 Å². The number of nitrogens with zero attached hydrogens (tertiary/aromatic N) is 2. The second kappa shape index (κ2) is 9.60. The number of carbonyl (C=O) groups excluding carboxylic acids is 2. The summed E-state index contributed by atoms with van der Waals surface area (Å²) >= 11 is 0. The van der Waals surface area contributed by atoms with Crippen LogP contribution in [0.3, 0.4) is 0 Å². The van der Waals surface area contributed by atoms with Crippen LogP contribution in [0.5, 0.6) is 0 Å². The van der Waals surface area contributed by atoms with Gasteiger partial charge in [-0.1, -0.05) is 30.3 Å². The lowest BCUT2D eigenvalue weighted by Gasteiger charge is -2.15.